The molecule has 1 amide bonds. The summed E-state index contributed by atoms with van der Waals surface area (Å²) in [5.41, 5.74) is 6.12. The van der Waals surface area contributed by atoms with Crippen molar-refractivity contribution in [2.75, 3.05) is 12.3 Å². The van der Waals surface area contributed by atoms with Gasteiger partial charge in [-0.2, -0.15) is 5.10 Å². The first-order chi connectivity index (χ1) is 7.20. The van der Waals surface area contributed by atoms with Crippen LogP contribution >= 0.6 is 0 Å². The van der Waals surface area contributed by atoms with Gasteiger partial charge >= 0.3 is 0 Å². The Labute approximate surface area is 88.6 Å². The number of hydrogen-bond donors (Lipinski definition) is 2. The molecule has 1 aromatic heterocycles. The molecule has 2 rings (SSSR count). The maximum Gasteiger partial charge on any atom is 0.259 e. The molecule has 1 atom stereocenters. The van der Waals surface area contributed by atoms with Gasteiger partial charge in [-0.05, 0) is 26.2 Å². The molecule has 0 spiro atoms. The lowest BCUT2D eigenvalue weighted by Crippen LogP contribution is -2.42. The van der Waals surface area contributed by atoms with E-state index in [4.69, 9.17) is 5.73 Å². The Morgan fingerprint density at radius 2 is 2.47 bits per heavy atom. The highest BCUT2D eigenvalue weighted by molar-refractivity contribution is 5.98. The molecule has 15 heavy (non-hydrogen) atoms. The molecule has 0 saturated carbocycles. The van der Waals surface area contributed by atoms with E-state index in [0.29, 0.717) is 17.4 Å². The highest BCUT2D eigenvalue weighted by Crippen LogP contribution is 2.20. The van der Waals surface area contributed by atoms with Crippen molar-refractivity contribution >= 4 is 11.7 Å². The van der Waals surface area contributed by atoms with Gasteiger partial charge < -0.3 is 10.6 Å². The number of nitrogens with one attached hydrogen (secondary N) is 1. The quantitative estimate of drug-likeness (QED) is 0.723. The minimum atomic E-state index is -0.00606. The minimum Gasteiger partial charge on any atom is -0.383 e. The third-order valence-electron chi connectivity index (χ3n) is 2.96. The predicted octanol–water partition coefficient (Wildman–Crippen LogP) is 1.01. The van der Waals surface area contributed by atoms with Crippen LogP contribution in [0.1, 0.15) is 36.5 Å². The molecular weight excluding hydrogens is 192 g/mol. The summed E-state index contributed by atoms with van der Waals surface area (Å²) in [6.45, 7) is 2.90. The van der Waals surface area contributed by atoms with E-state index in [-0.39, 0.29) is 5.91 Å². The van der Waals surface area contributed by atoms with E-state index in [2.05, 4.69) is 17.1 Å². The second-order valence-electron chi connectivity index (χ2n) is 4.04. The molecule has 5 heteroatoms. The fourth-order valence-corrected chi connectivity index (χ4v) is 2.02. The number of nitrogen functional groups attached to an aromatic ring is 1. The van der Waals surface area contributed by atoms with E-state index in [1.165, 1.54) is 12.6 Å². The van der Waals surface area contributed by atoms with Crippen LogP contribution in [0.25, 0.3) is 0 Å². The number of rotatable bonds is 1. The van der Waals surface area contributed by atoms with E-state index >= 15 is 0 Å². The molecule has 1 unspecified atom stereocenters. The molecule has 1 saturated heterocycles. The van der Waals surface area contributed by atoms with Crippen LogP contribution < -0.4 is 5.73 Å². The van der Waals surface area contributed by atoms with Gasteiger partial charge in [-0.1, -0.05) is 0 Å². The van der Waals surface area contributed by atoms with E-state index in [0.717, 1.165) is 19.4 Å². The van der Waals surface area contributed by atoms with Crippen LogP contribution in [0.3, 0.4) is 0 Å². The van der Waals surface area contributed by atoms with Crippen LogP contribution in [0, 0.1) is 0 Å². The SMILES string of the molecule is CC1CCCCN1C(=O)c1cn[nH]c1N. The first-order valence-electron chi connectivity index (χ1n) is 5.30. The fraction of sp³-hybridized carbons (Fsp3) is 0.600. The van der Waals surface area contributed by atoms with E-state index in [9.17, 15) is 4.79 Å². The van der Waals surface area contributed by atoms with Gasteiger partial charge in [0.1, 0.15) is 11.4 Å². The average molecular weight is 208 g/mol. The summed E-state index contributed by atoms with van der Waals surface area (Å²) < 4.78 is 0. The number of H-pyrrole nitrogens is 1. The van der Waals surface area contributed by atoms with Crippen LogP contribution in [0.2, 0.25) is 0 Å². The molecule has 1 fully saturated rings. The van der Waals surface area contributed by atoms with Gasteiger partial charge in [-0.3, -0.25) is 9.89 Å². The van der Waals surface area contributed by atoms with Gasteiger partial charge in [0.25, 0.3) is 5.91 Å². The largest absolute Gasteiger partial charge is 0.383 e. The number of aromatic amines is 1. The summed E-state index contributed by atoms with van der Waals surface area (Å²) >= 11 is 0. The lowest BCUT2D eigenvalue weighted by Gasteiger charge is -2.33. The summed E-state index contributed by atoms with van der Waals surface area (Å²) in [6.07, 6.45) is 4.85. The van der Waals surface area contributed by atoms with Gasteiger partial charge in [0.15, 0.2) is 0 Å². The number of likely N-dealkylation sites (tertiary alicyclic amines) is 1. The van der Waals surface area contributed by atoms with Crippen molar-refractivity contribution in [3.05, 3.63) is 11.8 Å². The molecule has 0 aliphatic carbocycles. The molecule has 1 aliphatic rings. The Balaban J connectivity index is 2.17. The topological polar surface area (TPSA) is 75.0 Å². The highest BCUT2D eigenvalue weighted by atomic mass is 16.2. The van der Waals surface area contributed by atoms with Crippen molar-refractivity contribution in [2.24, 2.45) is 0 Å². The van der Waals surface area contributed by atoms with Crippen molar-refractivity contribution in [2.45, 2.75) is 32.2 Å². The summed E-state index contributed by atoms with van der Waals surface area (Å²) in [4.78, 5) is 14.0. The molecule has 1 aromatic rings. The Kier molecular flexibility index (Phi) is 2.62. The van der Waals surface area contributed by atoms with Crippen molar-refractivity contribution in [3.63, 3.8) is 0 Å². The molecule has 0 bridgehead atoms. The number of aromatic nitrogens is 2. The Morgan fingerprint density at radius 1 is 1.67 bits per heavy atom. The molecule has 0 aromatic carbocycles. The zero-order valence-corrected chi connectivity index (χ0v) is 8.86. The Hall–Kier alpha value is -1.52. The van der Waals surface area contributed by atoms with Crippen molar-refractivity contribution in [1.82, 2.24) is 15.1 Å². The number of amides is 1. The molecule has 1 aliphatic heterocycles. The number of nitrogens with zero attached hydrogens (tertiary/aromatic N) is 2. The zero-order chi connectivity index (χ0) is 10.8. The monoisotopic (exact) mass is 208 g/mol. The summed E-state index contributed by atoms with van der Waals surface area (Å²) in [7, 11) is 0. The maximum absolute atomic E-state index is 12.1. The van der Waals surface area contributed by atoms with Gasteiger partial charge in [0, 0.05) is 12.6 Å². The van der Waals surface area contributed by atoms with Crippen LogP contribution in [0.4, 0.5) is 5.82 Å². The first-order valence-corrected chi connectivity index (χ1v) is 5.30. The number of hydrogen-bond acceptors (Lipinski definition) is 3. The van der Waals surface area contributed by atoms with Gasteiger partial charge in [-0.25, -0.2) is 0 Å². The van der Waals surface area contributed by atoms with Crippen molar-refractivity contribution < 1.29 is 4.79 Å². The van der Waals surface area contributed by atoms with E-state index < -0.39 is 0 Å². The maximum atomic E-state index is 12.1. The molecule has 0 radical (unpaired) electrons. The second kappa shape index (κ2) is 3.92. The third-order valence-corrected chi connectivity index (χ3v) is 2.96. The minimum absolute atomic E-state index is 0.00606. The van der Waals surface area contributed by atoms with Gasteiger partial charge in [0.05, 0.1) is 6.20 Å². The number of carbonyl (C=O) groups excluding carboxylic acids is 1. The number of nitrogens with two attached hydrogens (primary N) is 1. The van der Waals surface area contributed by atoms with Crippen LogP contribution in [0.15, 0.2) is 6.20 Å². The van der Waals surface area contributed by atoms with Crippen LogP contribution in [-0.4, -0.2) is 33.6 Å². The Morgan fingerprint density at radius 3 is 3.07 bits per heavy atom. The molecule has 2 heterocycles. The smallest absolute Gasteiger partial charge is 0.259 e. The summed E-state index contributed by atoms with van der Waals surface area (Å²) in [5, 5.41) is 6.35. The average Bonchev–Trinajstić information content (AvgIpc) is 2.64. The fourth-order valence-electron chi connectivity index (χ4n) is 2.02. The first kappa shape index (κ1) is 10.0. The number of anilines is 1. The van der Waals surface area contributed by atoms with Crippen LogP contribution in [-0.2, 0) is 0 Å². The molecular formula is C10H16N4O. The lowest BCUT2D eigenvalue weighted by molar-refractivity contribution is 0.0637. The number of piperidine rings is 1. The molecule has 82 valence electrons. The third kappa shape index (κ3) is 1.82. The zero-order valence-electron chi connectivity index (χ0n) is 8.86. The number of carbonyl (C=O) groups is 1. The van der Waals surface area contributed by atoms with E-state index in [1.54, 1.807) is 0 Å². The van der Waals surface area contributed by atoms with Gasteiger partial charge in [-0.15, -0.1) is 0 Å². The van der Waals surface area contributed by atoms with Crippen LogP contribution in [0.5, 0.6) is 0 Å². The van der Waals surface area contributed by atoms with E-state index in [1.807, 2.05) is 4.90 Å². The highest BCUT2D eigenvalue weighted by Gasteiger charge is 2.26. The standard InChI is InChI=1S/C10H16N4O/c1-7-4-2-3-5-14(7)10(15)8-6-12-13-9(8)11/h6-7H,2-5H2,1H3,(H3,11,12,13). The predicted molar refractivity (Wildman–Crippen MR) is 57.3 cm³/mol. The molecule has 5 nitrogen and oxygen atoms in total. The van der Waals surface area contributed by atoms with Crippen molar-refractivity contribution in [3.8, 4) is 0 Å². The van der Waals surface area contributed by atoms with Gasteiger partial charge in [0.2, 0.25) is 0 Å². The lowest BCUT2D eigenvalue weighted by atomic mass is 10.0. The van der Waals surface area contributed by atoms with Crippen molar-refractivity contribution in [1.29, 1.82) is 0 Å². The Bertz CT molecular complexity index is 360. The summed E-state index contributed by atoms with van der Waals surface area (Å²) in [5.74, 6) is 0.353. The molecule has 3 N–H and O–H groups in total. The second-order valence-corrected chi connectivity index (χ2v) is 4.04. The normalized spacial score (nSPS) is 21.7. The summed E-state index contributed by atoms with van der Waals surface area (Å²) in [6, 6.07) is 0.306.